The molecule has 0 radical (unpaired) electrons. The van der Waals surface area contributed by atoms with Crippen LogP contribution >= 0.6 is 0 Å². The summed E-state index contributed by atoms with van der Waals surface area (Å²) in [5, 5.41) is 3.02. The lowest BCUT2D eigenvalue weighted by Gasteiger charge is -2.38. The summed E-state index contributed by atoms with van der Waals surface area (Å²) < 4.78 is 0. The number of fused-ring (bicyclic) bond motifs is 1. The standard InChI is InChI=1S/C19H23N5O/c20-15-5-6-18(21-11-15)23-9-7-16(8-10-23)24-12-14-3-1-2-4-17(14)22-19(25)13-24/h1-6,11,16H,7-10,12-13,20H2,(H,22,25). The molecular weight excluding hydrogens is 314 g/mol. The monoisotopic (exact) mass is 337 g/mol. The number of pyridine rings is 1. The van der Waals surface area contributed by atoms with E-state index in [4.69, 9.17) is 5.73 Å². The number of nitrogen functional groups attached to an aromatic ring is 1. The van der Waals surface area contributed by atoms with Crippen LogP contribution in [0.2, 0.25) is 0 Å². The number of anilines is 3. The Morgan fingerprint density at radius 1 is 1.08 bits per heavy atom. The van der Waals surface area contributed by atoms with Crippen molar-refractivity contribution in [1.29, 1.82) is 0 Å². The molecule has 0 spiro atoms. The fourth-order valence-electron chi connectivity index (χ4n) is 3.73. The van der Waals surface area contributed by atoms with Crippen molar-refractivity contribution in [2.45, 2.75) is 25.4 Å². The van der Waals surface area contributed by atoms with E-state index in [1.807, 2.05) is 30.3 Å². The third-order valence-electron chi connectivity index (χ3n) is 5.09. The molecule has 4 rings (SSSR count). The van der Waals surface area contributed by atoms with Gasteiger partial charge in [-0.25, -0.2) is 4.98 Å². The number of rotatable bonds is 2. The Labute approximate surface area is 147 Å². The molecule has 2 aliphatic heterocycles. The maximum Gasteiger partial charge on any atom is 0.238 e. The van der Waals surface area contributed by atoms with Gasteiger partial charge in [0.15, 0.2) is 0 Å². The second-order valence-electron chi connectivity index (χ2n) is 6.78. The highest BCUT2D eigenvalue weighted by Crippen LogP contribution is 2.26. The SMILES string of the molecule is Nc1ccc(N2CCC(N3CC(=O)Nc4ccccc4C3)CC2)nc1. The van der Waals surface area contributed by atoms with E-state index in [0.29, 0.717) is 18.3 Å². The van der Waals surface area contributed by atoms with Gasteiger partial charge in [-0.05, 0) is 36.6 Å². The zero-order valence-corrected chi connectivity index (χ0v) is 14.2. The first-order valence-corrected chi connectivity index (χ1v) is 8.77. The van der Waals surface area contributed by atoms with E-state index >= 15 is 0 Å². The lowest BCUT2D eigenvalue weighted by atomic mass is 10.0. The summed E-state index contributed by atoms with van der Waals surface area (Å²) in [5.41, 5.74) is 8.54. The zero-order valence-electron chi connectivity index (χ0n) is 14.2. The predicted molar refractivity (Wildman–Crippen MR) is 99.4 cm³/mol. The van der Waals surface area contributed by atoms with Gasteiger partial charge in [-0.1, -0.05) is 18.2 Å². The van der Waals surface area contributed by atoms with E-state index in [2.05, 4.69) is 26.2 Å². The van der Waals surface area contributed by atoms with Crippen molar-refractivity contribution in [3.8, 4) is 0 Å². The number of benzene rings is 1. The van der Waals surface area contributed by atoms with Crippen molar-refractivity contribution in [3.63, 3.8) is 0 Å². The molecule has 1 aromatic heterocycles. The molecule has 0 atom stereocenters. The Bertz CT molecular complexity index is 753. The molecule has 130 valence electrons. The van der Waals surface area contributed by atoms with Gasteiger partial charge in [0.1, 0.15) is 5.82 Å². The summed E-state index contributed by atoms with van der Waals surface area (Å²) in [4.78, 5) is 21.3. The number of para-hydroxylation sites is 1. The molecule has 0 unspecified atom stereocenters. The van der Waals surface area contributed by atoms with Crippen LogP contribution in [-0.2, 0) is 11.3 Å². The largest absolute Gasteiger partial charge is 0.397 e. The van der Waals surface area contributed by atoms with E-state index in [0.717, 1.165) is 44.0 Å². The molecule has 1 fully saturated rings. The molecule has 0 saturated carbocycles. The summed E-state index contributed by atoms with van der Waals surface area (Å²) in [6.07, 6.45) is 3.76. The van der Waals surface area contributed by atoms with Crippen LogP contribution in [-0.4, -0.2) is 41.5 Å². The Morgan fingerprint density at radius 3 is 2.64 bits per heavy atom. The number of piperidine rings is 1. The lowest BCUT2D eigenvalue weighted by Crippen LogP contribution is -2.46. The number of hydrogen-bond donors (Lipinski definition) is 2. The number of carbonyl (C=O) groups excluding carboxylic acids is 1. The zero-order chi connectivity index (χ0) is 17.2. The van der Waals surface area contributed by atoms with E-state index < -0.39 is 0 Å². The predicted octanol–water partition coefficient (Wildman–Crippen LogP) is 2.09. The van der Waals surface area contributed by atoms with E-state index in [1.165, 1.54) is 5.56 Å². The van der Waals surface area contributed by atoms with Gasteiger partial charge in [-0.3, -0.25) is 9.69 Å². The molecule has 2 aromatic rings. The van der Waals surface area contributed by atoms with Gasteiger partial charge in [0.2, 0.25) is 5.91 Å². The van der Waals surface area contributed by atoms with Crippen LogP contribution in [0.3, 0.4) is 0 Å². The van der Waals surface area contributed by atoms with Gasteiger partial charge in [-0.2, -0.15) is 0 Å². The summed E-state index contributed by atoms with van der Waals surface area (Å²) in [6, 6.07) is 12.4. The minimum absolute atomic E-state index is 0.0765. The number of amides is 1. The number of aromatic nitrogens is 1. The van der Waals surface area contributed by atoms with Crippen LogP contribution in [0, 0.1) is 0 Å². The first-order valence-electron chi connectivity index (χ1n) is 8.77. The molecule has 1 aromatic carbocycles. The highest BCUT2D eigenvalue weighted by Gasteiger charge is 2.28. The summed E-state index contributed by atoms with van der Waals surface area (Å²) in [5.74, 6) is 1.05. The molecule has 1 saturated heterocycles. The van der Waals surface area contributed by atoms with Gasteiger partial charge in [0.05, 0.1) is 18.4 Å². The van der Waals surface area contributed by atoms with Gasteiger partial charge in [0, 0.05) is 31.4 Å². The molecule has 0 bridgehead atoms. The minimum Gasteiger partial charge on any atom is -0.397 e. The van der Waals surface area contributed by atoms with Gasteiger partial charge in [-0.15, -0.1) is 0 Å². The van der Waals surface area contributed by atoms with Crippen LogP contribution < -0.4 is 16.0 Å². The fourth-order valence-corrected chi connectivity index (χ4v) is 3.73. The Morgan fingerprint density at radius 2 is 1.88 bits per heavy atom. The highest BCUT2D eigenvalue weighted by atomic mass is 16.2. The normalized spacial score (nSPS) is 19.2. The average molecular weight is 337 g/mol. The van der Waals surface area contributed by atoms with Crippen molar-refractivity contribution in [1.82, 2.24) is 9.88 Å². The van der Waals surface area contributed by atoms with Crippen LogP contribution in [0.1, 0.15) is 18.4 Å². The molecule has 0 aliphatic carbocycles. The van der Waals surface area contributed by atoms with Crippen molar-refractivity contribution < 1.29 is 4.79 Å². The van der Waals surface area contributed by atoms with E-state index in [9.17, 15) is 4.79 Å². The Kier molecular flexibility index (Phi) is 4.28. The second kappa shape index (κ2) is 6.72. The van der Waals surface area contributed by atoms with Crippen molar-refractivity contribution in [2.24, 2.45) is 0 Å². The summed E-state index contributed by atoms with van der Waals surface area (Å²) in [7, 11) is 0. The van der Waals surface area contributed by atoms with Crippen LogP contribution in [0.4, 0.5) is 17.2 Å². The minimum atomic E-state index is 0.0765. The third kappa shape index (κ3) is 3.44. The molecule has 3 heterocycles. The quantitative estimate of drug-likeness (QED) is 0.878. The molecule has 3 N–H and O–H groups in total. The van der Waals surface area contributed by atoms with Crippen molar-refractivity contribution in [3.05, 3.63) is 48.2 Å². The number of nitrogens with two attached hydrogens (primary N) is 1. The molecule has 2 aliphatic rings. The third-order valence-corrected chi connectivity index (χ3v) is 5.09. The molecule has 6 heteroatoms. The van der Waals surface area contributed by atoms with Crippen LogP contribution in [0.25, 0.3) is 0 Å². The number of nitrogens with zero attached hydrogens (tertiary/aromatic N) is 3. The second-order valence-corrected chi connectivity index (χ2v) is 6.78. The van der Waals surface area contributed by atoms with Crippen molar-refractivity contribution >= 4 is 23.1 Å². The number of hydrogen-bond acceptors (Lipinski definition) is 5. The van der Waals surface area contributed by atoms with Gasteiger partial charge < -0.3 is 16.0 Å². The maximum atomic E-state index is 12.2. The molecular formula is C19H23N5O. The van der Waals surface area contributed by atoms with E-state index in [-0.39, 0.29) is 5.91 Å². The number of carbonyl (C=O) groups is 1. The Hall–Kier alpha value is -2.60. The van der Waals surface area contributed by atoms with Gasteiger partial charge in [0.25, 0.3) is 0 Å². The van der Waals surface area contributed by atoms with E-state index in [1.54, 1.807) is 6.20 Å². The van der Waals surface area contributed by atoms with Crippen LogP contribution in [0.15, 0.2) is 42.6 Å². The van der Waals surface area contributed by atoms with Gasteiger partial charge >= 0.3 is 0 Å². The topological polar surface area (TPSA) is 74.5 Å². The smallest absolute Gasteiger partial charge is 0.238 e. The lowest BCUT2D eigenvalue weighted by molar-refractivity contribution is -0.117. The maximum absolute atomic E-state index is 12.2. The summed E-state index contributed by atoms with van der Waals surface area (Å²) >= 11 is 0. The first-order chi connectivity index (χ1) is 12.2. The van der Waals surface area contributed by atoms with Crippen LogP contribution in [0.5, 0.6) is 0 Å². The fraction of sp³-hybridized carbons (Fsp3) is 0.368. The first kappa shape index (κ1) is 15.9. The summed E-state index contributed by atoms with van der Waals surface area (Å²) in [6.45, 7) is 3.17. The Balaban J connectivity index is 1.43. The number of nitrogens with one attached hydrogen (secondary N) is 1. The highest BCUT2D eigenvalue weighted by molar-refractivity contribution is 5.93. The molecule has 25 heavy (non-hydrogen) atoms. The average Bonchev–Trinajstić information content (AvgIpc) is 2.80. The van der Waals surface area contributed by atoms with Crippen molar-refractivity contribution in [2.75, 3.05) is 35.6 Å². The molecule has 6 nitrogen and oxygen atoms in total. The molecule has 1 amide bonds.